The van der Waals surface area contributed by atoms with Gasteiger partial charge in [0.15, 0.2) is 0 Å². The lowest BCUT2D eigenvalue weighted by molar-refractivity contribution is -0.142. The number of nitrogens with zero attached hydrogens (tertiary/aromatic N) is 2. The summed E-state index contributed by atoms with van der Waals surface area (Å²) in [6, 6.07) is 8.79. The van der Waals surface area contributed by atoms with E-state index in [-0.39, 0.29) is 34.3 Å². The fourth-order valence-corrected chi connectivity index (χ4v) is 7.21. The Morgan fingerprint density at radius 3 is 2.32 bits per heavy atom. The molecular formula is C26H31Cl2N3O6S. The SMILES string of the molecule is O=C(O)C(Cc1ccc(OCCN2CCCC2)cc1)NC(=O)C1CCCN1S(=O)(=O)c1cc(Cl)cc(Cl)c1. The second-order valence-corrected chi connectivity index (χ2v) is 12.3. The van der Waals surface area contributed by atoms with Gasteiger partial charge in [-0.3, -0.25) is 9.69 Å². The van der Waals surface area contributed by atoms with E-state index in [9.17, 15) is 23.1 Å². The number of carboxylic acid groups (broad SMARTS) is 1. The summed E-state index contributed by atoms with van der Waals surface area (Å²) in [6.45, 7) is 3.78. The fourth-order valence-electron chi connectivity index (χ4n) is 4.83. The van der Waals surface area contributed by atoms with Gasteiger partial charge in [0.25, 0.3) is 0 Å². The average Bonchev–Trinajstić information content (AvgIpc) is 3.57. The first-order chi connectivity index (χ1) is 18.1. The molecule has 0 aromatic heterocycles. The second kappa shape index (κ2) is 12.7. The van der Waals surface area contributed by atoms with Crippen LogP contribution in [0.5, 0.6) is 5.75 Å². The van der Waals surface area contributed by atoms with Crippen LogP contribution in [-0.2, 0) is 26.0 Å². The van der Waals surface area contributed by atoms with Crippen molar-refractivity contribution in [3.8, 4) is 5.75 Å². The molecule has 0 bridgehead atoms. The molecule has 2 N–H and O–H groups in total. The number of carbonyl (C=O) groups is 2. The van der Waals surface area contributed by atoms with E-state index in [2.05, 4.69) is 10.2 Å². The molecule has 2 heterocycles. The van der Waals surface area contributed by atoms with Crippen molar-refractivity contribution in [3.05, 3.63) is 58.1 Å². The zero-order chi connectivity index (χ0) is 27.3. The number of ether oxygens (including phenoxy) is 1. The molecule has 206 valence electrons. The van der Waals surface area contributed by atoms with Crippen LogP contribution in [-0.4, -0.2) is 79.5 Å². The van der Waals surface area contributed by atoms with Crippen molar-refractivity contribution in [2.24, 2.45) is 0 Å². The van der Waals surface area contributed by atoms with E-state index in [0.29, 0.717) is 24.3 Å². The highest BCUT2D eigenvalue weighted by molar-refractivity contribution is 7.89. The Bertz CT molecular complexity index is 1230. The number of benzene rings is 2. The molecule has 9 nitrogen and oxygen atoms in total. The van der Waals surface area contributed by atoms with Crippen LogP contribution in [0.4, 0.5) is 0 Å². The maximum absolute atomic E-state index is 13.2. The van der Waals surface area contributed by atoms with E-state index in [1.807, 2.05) is 0 Å². The van der Waals surface area contributed by atoms with Crippen molar-refractivity contribution in [2.75, 3.05) is 32.8 Å². The molecule has 2 aliphatic rings. The van der Waals surface area contributed by atoms with Crippen LogP contribution in [0.1, 0.15) is 31.2 Å². The van der Waals surface area contributed by atoms with Crippen LogP contribution in [0.3, 0.4) is 0 Å². The third-order valence-electron chi connectivity index (χ3n) is 6.80. The van der Waals surface area contributed by atoms with Crippen molar-refractivity contribution in [2.45, 2.75) is 49.1 Å². The number of nitrogens with one attached hydrogen (secondary N) is 1. The molecule has 0 radical (unpaired) electrons. The smallest absolute Gasteiger partial charge is 0.326 e. The predicted molar refractivity (Wildman–Crippen MR) is 144 cm³/mol. The molecular weight excluding hydrogens is 553 g/mol. The molecule has 2 atom stereocenters. The lowest BCUT2D eigenvalue weighted by Crippen LogP contribution is -2.51. The third kappa shape index (κ3) is 7.18. The Balaban J connectivity index is 1.37. The highest BCUT2D eigenvalue weighted by Gasteiger charge is 2.40. The van der Waals surface area contributed by atoms with Crippen molar-refractivity contribution < 1.29 is 27.9 Å². The molecule has 2 unspecified atom stereocenters. The predicted octanol–water partition coefficient (Wildman–Crippen LogP) is 3.43. The summed E-state index contributed by atoms with van der Waals surface area (Å²) in [5, 5.41) is 12.6. The van der Waals surface area contributed by atoms with E-state index in [1.165, 1.54) is 31.0 Å². The van der Waals surface area contributed by atoms with Gasteiger partial charge in [-0.1, -0.05) is 35.3 Å². The standard InChI is InChI=1S/C26H31Cl2N3O6S/c27-19-15-20(28)17-22(16-19)38(35,36)31-11-3-4-24(31)25(32)29-23(26(33)34)14-18-5-7-21(8-6-18)37-13-12-30-9-1-2-10-30/h5-8,15-17,23-24H,1-4,9-14H2,(H,29,32)(H,33,34). The molecule has 0 aliphatic carbocycles. The molecule has 2 saturated heterocycles. The summed E-state index contributed by atoms with van der Waals surface area (Å²) in [5.41, 5.74) is 0.703. The van der Waals surface area contributed by atoms with Crippen molar-refractivity contribution in [3.63, 3.8) is 0 Å². The molecule has 12 heteroatoms. The first-order valence-electron chi connectivity index (χ1n) is 12.6. The highest BCUT2D eigenvalue weighted by atomic mass is 35.5. The Kier molecular flexibility index (Phi) is 9.54. The first-order valence-corrected chi connectivity index (χ1v) is 14.8. The number of hydrogen-bond donors (Lipinski definition) is 2. The zero-order valence-corrected chi connectivity index (χ0v) is 23.1. The average molecular weight is 585 g/mol. The van der Waals surface area contributed by atoms with Crippen molar-refractivity contribution >= 4 is 45.1 Å². The topological polar surface area (TPSA) is 116 Å². The number of likely N-dealkylation sites (tertiary alicyclic amines) is 1. The van der Waals surface area contributed by atoms with Crippen molar-refractivity contribution in [1.29, 1.82) is 0 Å². The van der Waals surface area contributed by atoms with Gasteiger partial charge in [-0.2, -0.15) is 4.31 Å². The number of hydrogen-bond acceptors (Lipinski definition) is 6. The summed E-state index contributed by atoms with van der Waals surface area (Å²) < 4.78 is 33.4. The number of halogens is 2. The maximum atomic E-state index is 13.2. The molecule has 2 aromatic rings. The quantitative estimate of drug-likeness (QED) is 0.416. The third-order valence-corrected chi connectivity index (χ3v) is 9.12. The molecule has 4 rings (SSSR count). The Morgan fingerprint density at radius 2 is 1.68 bits per heavy atom. The molecule has 0 spiro atoms. The van der Waals surface area contributed by atoms with Gasteiger partial charge in [-0.25, -0.2) is 13.2 Å². The monoisotopic (exact) mass is 583 g/mol. The van der Waals surface area contributed by atoms with Gasteiger partial charge in [-0.05, 0) is 74.7 Å². The second-order valence-electron chi connectivity index (χ2n) is 9.52. The van der Waals surface area contributed by atoms with E-state index in [1.54, 1.807) is 24.3 Å². The molecule has 2 aromatic carbocycles. The fraction of sp³-hybridized carbons (Fsp3) is 0.462. The number of sulfonamides is 1. The molecule has 1 amide bonds. The number of rotatable bonds is 11. The van der Waals surface area contributed by atoms with Gasteiger partial charge >= 0.3 is 5.97 Å². The summed E-state index contributed by atoms with van der Waals surface area (Å²) >= 11 is 12.0. The summed E-state index contributed by atoms with van der Waals surface area (Å²) in [7, 11) is -4.07. The largest absolute Gasteiger partial charge is 0.492 e. The summed E-state index contributed by atoms with van der Waals surface area (Å²) in [5.74, 6) is -1.18. The Morgan fingerprint density at radius 1 is 1.03 bits per heavy atom. The minimum absolute atomic E-state index is 0.0402. The van der Waals surface area contributed by atoms with Crippen LogP contribution >= 0.6 is 23.2 Å². The van der Waals surface area contributed by atoms with Gasteiger partial charge in [0, 0.05) is 29.6 Å². The minimum Gasteiger partial charge on any atom is -0.492 e. The van der Waals surface area contributed by atoms with Gasteiger partial charge in [-0.15, -0.1) is 0 Å². The molecule has 0 saturated carbocycles. The van der Waals surface area contributed by atoms with E-state index >= 15 is 0 Å². The molecule has 2 fully saturated rings. The van der Waals surface area contributed by atoms with Crippen molar-refractivity contribution in [1.82, 2.24) is 14.5 Å². The van der Waals surface area contributed by atoms with Gasteiger partial charge in [0.1, 0.15) is 24.4 Å². The Hall–Kier alpha value is -2.37. The molecule has 2 aliphatic heterocycles. The van der Waals surface area contributed by atoms with E-state index in [0.717, 1.165) is 23.9 Å². The summed E-state index contributed by atoms with van der Waals surface area (Å²) in [6.07, 6.45) is 3.22. The maximum Gasteiger partial charge on any atom is 0.326 e. The lowest BCUT2D eigenvalue weighted by atomic mass is 10.1. The Labute approximate surface area is 232 Å². The zero-order valence-electron chi connectivity index (χ0n) is 20.8. The van der Waals surface area contributed by atoms with Crippen LogP contribution in [0.2, 0.25) is 10.0 Å². The normalized spacial score (nSPS) is 19.4. The van der Waals surface area contributed by atoms with E-state index in [4.69, 9.17) is 27.9 Å². The first kappa shape index (κ1) is 28.6. The lowest BCUT2D eigenvalue weighted by Gasteiger charge is -2.25. The van der Waals surface area contributed by atoms with Crippen LogP contribution < -0.4 is 10.1 Å². The van der Waals surface area contributed by atoms with Crippen LogP contribution in [0.15, 0.2) is 47.4 Å². The van der Waals surface area contributed by atoms with E-state index < -0.39 is 34.0 Å². The number of carboxylic acids is 1. The van der Waals surface area contributed by atoms with Gasteiger partial charge in [0.2, 0.25) is 15.9 Å². The number of carbonyl (C=O) groups excluding carboxylic acids is 1. The number of aliphatic carboxylic acids is 1. The molecule has 38 heavy (non-hydrogen) atoms. The van der Waals surface area contributed by atoms with Gasteiger partial charge < -0.3 is 15.2 Å². The highest BCUT2D eigenvalue weighted by Crippen LogP contribution is 2.30. The minimum atomic E-state index is -4.07. The summed E-state index contributed by atoms with van der Waals surface area (Å²) in [4.78, 5) is 27.3. The number of amides is 1. The van der Waals surface area contributed by atoms with Crippen LogP contribution in [0, 0.1) is 0 Å². The van der Waals surface area contributed by atoms with Crippen LogP contribution in [0.25, 0.3) is 0 Å². The van der Waals surface area contributed by atoms with Gasteiger partial charge in [0.05, 0.1) is 4.90 Å².